The van der Waals surface area contributed by atoms with E-state index >= 15 is 4.39 Å². The Balaban J connectivity index is 0.730. The topological polar surface area (TPSA) is 141 Å². The molecule has 1 spiro atoms. The second-order valence-corrected chi connectivity index (χ2v) is 17.1. The number of likely N-dealkylation sites (tertiary alicyclic amines) is 1. The van der Waals surface area contributed by atoms with E-state index in [1.807, 2.05) is 46.2 Å². The minimum Gasteiger partial charge on any atom is -0.371 e. The first-order valence-corrected chi connectivity index (χ1v) is 20.4. The fourth-order valence-corrected chi connectivity index (χ4v) is 9.89. The van der Waals surface area contributed by atoms with Gasteiger partial charge in [-0.2, -0.15) is 5.26 Å². The zero-order chi connectivity index (χ0) is 40.3. The van der Waals surface area contributed by atoms with Gasteiger partial charge in [0.25, 0.3) is 17.7 Å². The van der Waals surface area contributed by atoms with Gasteiger partial charge in [-0.25, -0.2) is 4.39 Å². The van der Waals surface area contributed by atoms with E-state index in [0.717, 1.165) is 74.8 Å². The molecule has 0 bridgehead atoms. The zero-order valence-electron chi connectivity index (χ0n) is 32.1. The predicted molar refractivity (Wildman–Crippen MR) is 215 cm³/mol. The molecule has 1 N–H and O–H groups in total. The average molecular weight is 807 g/mol. The van der Waals surface area contributed by atoms with Gasteiger partial charge in [-0.3, -0.25) is 39.1 Å². The summed E-state index contributed by atoms with van der Waals surface area (Å²) in [7, 11) is 0. The molecule has 5 amide bonds. The quantitative estimate of drug-likeness (QED) is 0.348. The molecule has 5 saturated heterocycles. The Morgan fingerprint density at radius 3 is 2.12 bits per heavy atom. The van der Waals surface area contributed by atoms with Gasteiger partial charge in [0.15, 0.2) is 5.67 Å². The summed E-state index contributed by atoms with van der Waals surface area (Å²) >= 11 is 6.31. The molecule has 6 heterocycles. The van der Waals surface area contributed by atoms with Gasteiger partial charge in [0.05, 0.1) is 34.8 Å². The van der Waals surface area contributed by atoms with Gasteiger partial charge in [-0.15, -0.1) is 0 Å². The van der Waals surface area contributed by atoms with Crippen LogP contribution in [-0.2, 0) is 9.59 Å². The Bertz CT molecular complexity index is 2240. The summed E-state index contributed by atoms with van der Waals surface area (Å²) in [6.07, 6.45) is 3.10. The van der Waals surface area contributed by atoms with Gasteiger partial charge in [0.1, 0.15) is 12.1 Å². The molecule has 1 atom stereocenters. The lowest BCUT2D eigenvalue weighted by molar-refractivity contribution is -0.136. The van der Waals surface area contributed by atoms with E-state index in [4.69, 9.17) is 11.6 Å². The molecule has 0 radical (unpaired) electrons. The first-order chi connectivity index (χ1) is 27.9. The number of piperazine rings is 1. The molecule has 6 aliphatic rings. The van der Waals surface area contributed by atoms with Crippen LogP contribution in [0.25, 0.3) is 0 Å². The Morgan fingerprint density at radius 2 is 1.43 bits per heavy atom. The number of nitriles is 1. The molecule has 58 heavy (non-hydrogen) atoms. The van der Waals surface area contributed by atoms with Crippen molar-refractivity contribution in [3.05, 3.63) is 87.9 Å². The van der Waals surface area contributed by atoms with Crippen LogP contribution in [0.2, 0.25) is 5.02 Å². The van der Waals surface area contributed by atoms with Crippen LogP contribution in [-0.4, -0.2) is 128 Å². The maximum atomic E-state index is 16.0. The lowest BCUT2D eigenvalue weighted by Crippen LogP contribution is -2.65. The number of nitrogens with zero attached hydrogens (tertiary/aromatic N) is 7. The van der Waals surface area contributed by atoms with Crippen molar-refractivity contribution in [2.75, 3.05) is 86.7 Å². The summed E-state index contributed by atoms with van der Waals surface area (Å²) in [5.41, 5.74) is 3.00. The van der Waals surface area contributed by atoms with Crippen molar-refractivity contribution in [3.8, 4) is 6.07 Å². The van der Waals surface area contributed by atoms with Gasteiger partial charge in [-0.05, 0) is 91.8 Å². The largest absolute Gasteiger partial charge is 0.371 e. The van der Waals surface area contributed by atoms with Crippen LogP contribution < -0.4 is 20.0 Å². The first kappa shape index (κ1) is 38.0. The zero-order valence-corrected chi connectivity index (χ0v) is 32.8. The average Bonchev–Trinajstić information content (AvgIpc) is 3.74. The smallest absolute Gasteiger partial charge is 0.262 e. The number of hydrogen-bond acceptors (Lipinski definition) is 10. The summed E-state index contributed by atoms with van der Waals surface area (Å²) in [6, 6.07) is 19.4. The molecule has 9 rings (SSSR count). The standard InChI is InChI=1S/C43H44ClFN8O5/c44-35-22-32(6-3-29(35)23-46)51-16-13-42(24-51)11-14-50(15-12-42)39(56)28-1-4-30(5-2-28)49-19-17-48(18-20-49)25-43(45)26-52(27-43)31-7-8-33-34(21-31)41(58)53(40(33)57)36-9-10-37(54)47-38(36)55/h1-8,21-22,36H,9-20,24-27H2,(H,47,54,55). The predicted octanol–water partition coefficient (Wildman–Crippen LogP) is 4.10. The second kappa shape index (κ2) is 14.7. The molecule has 6 aliphatic heterocycles. The summed E-state index contributed by atoms with van der Waals surface area (Å²) < 4.78 is 16.0. The number of alkyl halides is 1. The molecule has 3 aromatic rings. The van der Waals surface area contributed by atoms with Crippen molar-refractivity contribution < 1.29 is 28.4 Å². The molecule has 15 heteroatoms. The number of halogens is 2. The number of nitrogens with one attached hydrogen (secondary N) is 1. The summed E-state index contributed by atoms with van der Waals surface area (Å²) in [5.74, 6) is -2.18. The number of carbonyl (C=O) groups is 5. The number of anilines is 3. The molecule has 300 valence electrons. The fourth-order valence-electron chi connectivity index (χ4n) is 9.68. The first-order valence-electron chi connectivity index (χ1n) is 20.0. The van der Waals surface area contributed by atoms with Gasteiger partial charge < -0.3 is 19.6 Å². The lowest BCUT2D eigenvalue weighted by Gasteiger charge is -2.49. The van der Waals surface area contributed by atoms with Crippen molar-refractivity contribution >= 4 is 58.2 Å². The van der Waals surface area contributed by atoms with Crippen LogP contribution in [0.1, 0.15) is 68.7 Å². The van der Waals surface area contributed by atoms with Crippen molar-refractivity contribution in [2.45, 2.75) is 43.8 Å². The van der Waals surface area contributed by atoms with Crippen molar-refractivity contribution in [1.29, 1.82) is 5.26 Å². The van der Waals surface area contributed by atoms with Crippen molar-refractivity contribution in [1.82, 2.24) is 20.0 Å². The summed E-state index contributed by atoms with van der Waals surface area (Å²) in [6.45, 7) is 6.76. The van der Waals surface area contributed by atoms with E-state index in [0.29, 0.717) is 34.9 Å². The number of fused-ring (bicyclic) bond motifs is 1. The van der Waals surface area contributed by atoms with E-state index in [1.54, 1.807) is 24.3 Å². The minimum atomic E-state index is -1.42. The van der Waals surface area contributed by atoms with E-state index in [1.165, 1.54) is 0 Å². The van der Waals surface area contributed by atoms with Gasteiger partial charge in [0, 0.05) is 87.9 Å². The minimum absolute atomic E-state index is 0.0498. The number of rotatable bonds is 7. The van der Waals surface area contributed by atoms with Gasteiger partial charge >= 0.3 is 0 Å². The number of benzene rings is 3. The normalized spacial score (nSPS) is 22.9. The summed E-state index contributed by atoms with van der Waals surface area (Å²) in [4.78, 5) is 75.4. The van der Waals surface area contributed by atoms with Crippen molar-refractivity contribution in [2.24, 2.45) is 5.41 Å². The highest BCUT2D eigenvalue weighted by Crippen LogP contribution is 2.43. The number of carbonyl (C=O) groups excluding carboxylic acids is 5. The molecule has 0 saturated carbocycles. The number of amides is 5. The van der Waals surface area contributed by atoms with Crippen LogP contribution >= 0.6 is 11.6 Å². The monoisotopic (exact) mass is 806 g/mol. The fraction of sp³-hybridized carbons (Fsp3) is 0.442. The Kier molecular flexibility index (Phi) is 9.63. The number of piperidine rings is 2. The van der Waals surface area contributed by atoms with Crippen LogP contribution in [0.5, 0.6) is 0 Å². The third-order valence-corrected chi connectivity index (χ3v) is 13.4. The molecule has 5 fully saturated rings. The maximum Gasteiger partial charge on any atom is 0.262 e. The highest BCUT2D eigenvalue weighted by atomic mass is 35.5. The number of imide groups is 2. The highest BCUT2D eigenvalue weighted by molar-refractivity contribution is 6.32. The second-order valence-electron chi connectivity index (χ2n) is 16.7. The molecule has 0 aliphatic carbocycles. The molecule has 0 aromatic heterocycles. The SMILES string of the molecule is N#Cc1ccc(N2CCC3(CCN(C(=O)c4ccc(N5CCN(CC6(F)CN(c7ccc8c(c7)C(=O)N(C7CCC(=O)NC7=O)C8=O)C6)CC5)cc4)CC3)C2)cc1Cl. The Labute approximate surface area is 340 Å². The van der Waals surface area contributed by atoms with Crippen LogP contribution in [0.4, 0.5) is 21.5 Å². The number of hydrogen-bond donors (Lipinski definition) is 1. The molecule has 3 aromatic carbocycles. The lowest BCUT2D eigenvalue weighted by atomic mass is 9.77. The Morgan fingerprint density at radius 1 is 0.776 bits per heavy atom. The van der Waals surface area contributed by atoms with E-state index in [-0.39, 0.29) is 54.9 Å². The maximum absolute atomic E-state index is 16.0. The highest BCUT2D eigenvalue weighted by Gasteiger charge is 2.48. The van der Waals surface area contributed by atoms with Crippen LogP contribution in [0.3, 0.4) is 0 Å². The molecular formula is C43H44ClFN8O5. The van der Waals surface area contributed by atoms with Crippen LogP contribution in [0, 0.1) is 16.7 Å². The third-order valence-electron chi connectivity index (χ3n) is 13.1. The van der Waals surface area contributed by atoms with E-state index < -0.39 is 35.3 Å². The van der Waals surface area contributed by atoms with E-state index in [9.17, 15) is 29.2 Å². The summed E-state index contributed by atoms with van der Waals surface area (Å²) in [5, 5.41) is 11.9. The Hall–Kier alpha value is -5.52. The van der Waals surface area contributed by atoms with Crippen LogP contribution in [0.15, 0.2) is 60.7 Å². The molecule has 1 unspecified atom stereocenters. The molecule has 13 nitrogen and oxygen atoms in total. The third kappa shape index (κ3) is 6.94. The van der Waals surface area contributed by atoms with E-state index in [2.05, 4.69) is 26.1 Å². The molecular weight excluding hydrogens is 763 g/mol. The van der Waals surface area contributed by atoms with Gasteiger partial charge in [-0.1, -0.05) is 11.6 Å². The van der Waals surface area contributed by atoms with Gasteiger partial charge in [0.2, 0.25) is 11.8 Å². The van der Waals surface area contributed by atoms with Crippen molar-refractivity contribution in [3.63, 3.8) is 0 Å².